The largest absolute Gasteiger partial charge is 0.490 e. The van der Waals surface area contributed by atoms with Crippen molar-refractivity contribution in [1.82, 2.24) is 0 Å². The van der Waals surface area contributed by atoms with Crippen LogP contribution in [-0.2, 0) is 0 Å². The van der Waals surface area contributed by atoms with Gasteiger partial charge < -0.3 is 28.4 Å². The van der Waals surface area contributed by atoms with E-state index in [9.17, 15) is 119 Å². The lowest BCUT2D eigenvalue weighted by molar-refractivity contribution is -0.396. The van der Waals surface area contributed by atoms with Crippen molar-refractivity contribution >= 4 is 32.3 Å². The van der Waals surface area contributed by atoms with Crippen LogP contribution in [-0.4, -0.2) is 111 Å². The van der Waals surface area contributed by atoms with Crippen molar-refractivity contribution in [1.29, 1.82) is 0 Å². The summed E-state index contributed by atoms with van der Waals surface area (Å²) in [4.78, 5) is 0. The van der Waals surface area contributed by atoms with Crippen LogP contribution < -0.4 is 28.4 Å². The third kappa shape index (κ3) is 18.4. The first-order valence-electron chi connectivity index (χ1n) is 29.7. The quantitative estimate of drug-likeness (QED) is 0.0250. The molecule has 0 aliphatic rings. The van der Waals surface area contributed by atoms with Crippen LogP contribution in [0.3, 0.4) is 0 Å². The van der Waals surface area contributed by atoms with Crippen molar-refractivity contribution in [3.63, 3.8) is 0 Å². The van der Waals surface area contributed by atoms with Crippen molar-refractivity contribution in [2.45, 2.75) is 227 Å². The van der Waals surface area contributed by atoms with Gasteiger partial charge >= 0.3 is 71.8 Å². The van der Waals surface area contributed by atoms with Crippen molar-refractivity contribution in [2.75, 3.05) is 39.6 Å². The molecule has 0 aliphatic carbocycles. The van der Waals surface area contributed by atoms with Crippen molar-refractivity contribution in [3.8, 4) is 34.5 Å². The van der Waals surface area contributed by atoms with Crippen LogP contribution in [0.25, 0.3) is 32.3 Å². The third-order valence-electron chi connectivity index (χ3n) is 14.9. The number of ether oxygens (including phenoxy) is 6. The minimum absolute atomic E-state index is 0.00112. The Kier molecular flexibility index (Phi) is 27.2. The van der Waals surface area contributed by atoms with E-state index < -0.39 is 147 Å². The first-order valence-corrected chi connectivity index (χ1v) is 29.7. The average molecular weight is 1400 g/mol. The van der Waals surface area contributed by atoms with Gasteiger partial charge in [-0.05, 0) is 107 Å². The molecule has 4 rings (SSSR count). The first-order chi connectivity index (χ1) is 42.8. The Morgan fingerprint density at radius 3 is 0.538 bits per heavy atom. The maximum Gasteiger partial charge on any atom is 0.460 e. The molecule has 0 N–H and O–H groups in total. The molecular formula is C60H69F27O6. The van der Waals surface area contributed by atoms with E-state index in [0.29, 0.717) is 51.4 Å². The lowest BCUT2D eigenvalue weighted by atomic mass is 9.93. The zero-order valence-corrected chi connectivity index (χ0v) is 50.2. The molecule has 6 nitrogen and oxygen atoms in total. The average Bonchev–Trinajstić information content (AvgIpc) is 0.749. The number of rotatable bonds is 42. The summed E-state index contributed by atoms with van der Waals surface area (Å²) >= 11 is 0. The molecule has 0 aliphatic heterocycles. The SMILES string of the molecule is CCCCCCCOc1cc2c3cc(OCCCCCCC)c(OCCCC(F)(F)C(F)(F)C(F)(F)C(F)(F)F)cc3c3cc(OCCCC(F)(F)C(F)(F)C(F)(F)C(F)(F)F)c(OCCCCCCC)cc3c2cc1OCCCC(F)(F)C(F)(F)C(F)(F)C(F)(F)F. The van der Waals surface area contributed by atoms with Gasteiger partial charge in [-0.3, -0.25) is 0 Å². The fourth-order valence-corrected chi connectivity index (χ4v) is 9.48. The van der Waals surface area contributed by atoms with Gasteiger partial charge in [-0.2, -0.15) is 119 Å². The molecule has 0 bridgehead atoms. The summed E-state index contributed by atoms with van der Waals surface area (Å²) in [5, 5.41) is -0.291. The standard InChI is InChI=1S/C60H69F27O6/c1-4-7-10-13-16-25-88-43-31-37-38-32-44(89-26-17-14-11-8-5-2)47(92-29-20-23-50(63,64)53(69,70)56(75,76)59(82,83)84)35-41(38)42-36-48(93-30-21-24-51(65,66)54(71,72)57(77,78)60(85,86)87)45(90-27-18-15-12-9-6-3)33-39(42)40(37)34-46(43)91-28-19-22-49(61,62)52(67,68)55(73,74)58(79,80)81/h31-36H,4-30H2,1-3H3. The highest BCUT2D eigenvalue weighted by Gasteiger charge is 2.83. The van der Waals surface area contributed by atoms with Gasteiger partial charge in [-0.1, -0.05) is 97.8 Å². The number of benzene rings is 4. The number of unbranched alkanes of at least 4 members (excludes halogenated alkanes) is 12. The molecular weight excluding hydrogens is 1330 g/mol. The number of alkyl halides is 27. The second kappa shape index (κ2) is 31.6. The zero-order chi connectivity index (χ0) is 70.5. The summed E-state index contributed by atoms with van der Waals surface area (Å²) in [7, 11) is 0. The number of hydrogen-bond donors (Lipinski definition) is 0. The van der Waals surface area contributed by atoms with Crippen LogP contribution in [0.2, 0.25) is 0 Å². The van der Waals surface area contributed by atoms with Crippen LogP contribution in [0.1, 0.15) is 156 Å². The fraction of sp³-hybridized carbons (Fsp3) is 0.700. The Bertz CT molecular complexity index is 2990. The molecule has 0 saturated heterocycles. The van der Waals surface area contributed by atoms with E-state index in [1.807, 2.05) is 20.8 Å². The highest BCUT2D eigenvalue weighted by Crippen LogP contribution is 2.58. The Hall–Kier alpha value is -5.43. The van der Waals surface area contributed by atoms with E-state index in [1.54, 1.807) is 0 Å². The summed E-state index contributed by atoms with van der Waals surface area (Å²) < 4.78 is 409. The summed E-state index contributed by atoms with van der Waals surface area (Å²) in [6, 6.07) is 6.89. The monoisotopic (exact) mass is 1400 g/mol. The van der Waals surface area contributed by atoms with E-state index in [-0.39, 0.29) is 75.8 Å². The lowest BCUT2D eigenvalue weighted by Gasteiger charge is -2.33. The van der Waals surface area contributed by atoms with Crippen molar-refractivity contribution in [3.05, 3.63) is 36.4 Å². The van der Waals surface area contributed by atoms with Gasteiger partial charge in [-0.15, -0.1) is 0 Å². The van der Waals surface area contributed by atoms with Gasteiger partial charge in [0.15, 0.2) is 34.5 Å². The second-order valence-electron chi connectivity index (χ2n) is 22.2. The Morgan fingerprint density at radius 2 is 0.376 bits per heavy atom. The molecule has 4 aromatic rings. The number of fused-ring (bicyclic) bond motifs is 6. The van der Waals surface area contributed by atoms with Crippen LogP contribution >= 0.6 is 0 Å². The maximum absolute atomic E-state index is 14.7. The van der Waals surface area contributed by atoms with Gasteiger partial charge in [0.1, 0.15) is 0 Å². The predicted molar refractivity (Wildman–Crippen MR) is 289 cm³/mol. The molecule has 0 aromatic heterocycles. The van der Waals surface area contributed by atoms with Gasteiger partial charge in [-0.25, -0.2) is 0 Å². The molecule has 0 amide bonds. The number of halogens is 27. The molecule has 0 unspecified atom stereocenters. The summed E-state index contributed by atoms with van der Waals surface area (Å²) in [6.07, 6.45) is -23.4. The highest BCUT2D eigenvalue weighted by atomic mass is 19.4. The van der Waals surface area contributed by atoms with E-state index in [1.165, 1.54) is 12.1 Å². The van der Waals surface area contributed by atoms with Crippen molar-refractivity contribution < 1.29 is 147 Å². The van der Waals surface area contributed by atoms with Crippen molar-refractivity contribution in [2.24, 2.45) is 0 Å². The topological polar surface area (TPSA) is 55.4 Å². The second-order valence-corrected chi connectivity index (χ2v) is 22.2. The number of hydrogen-bond acceptors (Lipinski definition) is 6. The molecule has 93 heavy (non-hydrogen) atoms. The molecule has 0 heterocycles. The van der Waals surface area contributed by atoms with Crippen LogP contribution in [0.5, 0.6) is 34.5 Å². The fourth-order valence-electron chi connectivity index (χ4n) is 9.48. The Morgan fingerprint density at radius 1 is 0.215 bits per heavy atom. The van der Waals surface area contributed by atoms with Gasteiger partial charge in [0, 0.05) is 19.3 Å². The minimum atomic E-state index is -7.24. The van der Waals surface area contributed by atoms with E-state index >= 15 is 0 Å². The third-order valence-corrected chi connectivity index (χ3v) is 14.9. The first kappa shape index (κ1) is 80.0. The Labute approximate surface area is 516 Å². The molecule has 0 radical (unpaired) electrons. The lowest BCUT2D eigenvalue weighted by Crippen LogP contribution is -2.60. The van der Waals surface area contributed by atoms with Crippen LogP contribution in [0.4, 0.5) is 119 Å². The Balaban J connectivity index is 2.06. The normalized spacial score (nSPS) is 14.0. The molecule has 0 fully saturated rings. The predicted octanol–water partition coefficient (Wildman–Crippen LogP) is 23.1. The smallest absolute Gasteiger partial charge is 0.460 e. The van der Waals surface area contributed by atoms with Gasteiger partial charge in [0.05, 0.1) is 39.6 Å². The summed E-state index contributed by atoms with van der Waals surface area (Å²) in [5.74, 6) is -63.2. The molecule has 0 atom stereocenters. The molecule has 0 saturated carbocycles. The summed E-state index contributed by atoms with van der Waals surface area (Å²) in [5.41, 5.74) is 0. The highest BCUT2D eigenvalue weighted by molar-refractivity contribution is 6.26. The van der Waals surface area contributed by atoms with E-state index in [0.717, 1.165) is 62.8 Å². The molecule has 534 valence electrons. The van der Waals surface area contributed by atoms with E-state index in [2.05, 4.69) is 0 Å². The van der Waals surface area contributed by atoms with Crippen LogP contribution in [0, 0.1) is 0 Å². The zero-order valence-electron chi connectivity index (χ0n) is 50.2. The van der Waals surface area contributed by atoms with Gasteiger partial charge in [0.25, 0.3) is 0 Å². The van der Waals surface area contributed by atoms with Gasteiger partial charge in [0.2, 0.25) is 0 Å². The molecule has 0 spiro atoms. The molecule has 4 aromatic carbocycles. The van der Waals surface area contributed by atoms with E-state index in [4.69, 9.17) is 28.4 Å². The maximum atomic E-state index is 14.7. The summed E-state index contributed by atoms with van der Waals surface area (Å²) in [6.45, 7) is 1.71. The minimum Gasteiger partial charge on any atom is -0.490 e. The van der Waals surface area contributed by atoms with Crippen LogP contribution in [0.15, 0.2) is 36.4 Å². The molecule has 33 heteroatoms.